The van der Waals surface area contributed by atoms with Gasteiger partial charge >= 0.3 is 0 Å². The molecule has 1 aromatic carbocycles. The van der Waals surface area contributed by atoms with E-state index in [0.29, 0.717) is 12.1 Å². The molecule has 1 aliphatic heterocycles. The van der Waals surface area contributed by atoms with Crippen LogP contribution in [0.2, 0.25) is 0 Å². The van der Waals surface area contributed by atoms with E-state index >= 15 is 0 Å². The molecule has 1 fully saturated rings. The number of piperidine rings is 1. The van der Waals surface area contributed by atoms with Gasteiger partial charge in [-0.05, 0) is 51.7 Å². The Bertz CT molecular complexity index is 419. The summed E-state index contributed by atoms with van der Waals surface area (Å²) in [5.41, 5.74) is 3.50. The molecule has 3 unspecified atom stereocenters. The highest BCUT2D eigenvalue weighted by Crippen LogP contribution is 2.27. The Morgan fingerprint density at radius 1 is 1.21 bits per heavy atom. The van der Waals surface area contributed by atoms with Crippen molar-refractivity contribution in [1.29, 1.82) is 0 Å². The first-order valence-electron chi connectivity index (χ1n) is 7.50. The van der Waals surface area contributed by atoms with E-state index in [2.05, 4.69) is 50.8 Å². The fourth-order valence-electron chi connectivity index (χ4n) is 3.25. The van der Waals surface area contributed by atoms with E-state index in [1.165, 1.54) is 30.4 Å². The number of hydrogen-bond acceptors (Lipinski definition) is 2. The van der Waals surface area contributed by atoms with Crippen molar-refractivity contribution in [3.8, 4) is 0 Å². The molecule has 2 nitrogen and oxygen atoms in total. The molecule has 1 saturated heterocycles. The van der Waals surface area contributed by atoms with Gasteiger partial charge in [-0.3, -0.25) is 4.90 Å². The standard InChI is InChI=1S/C17H27NO/c1-12-8-9-13(2)16(10-12)17(19)11-18-14(3)6-5-7-15(18)4/h8-10,14-15,17,19H,5-7,11H2,1-4H3. The zero-order valence-electron chi connectivity index (χ0n) is 12.7. The zero-order chi connectivity index (χ0) is 14.0. The first kappa shape index (κ1) is 14.5. The Morgan fingerprint density at radius 3 is 2.47 bits per heavy atom. The highest BCUT2D eigenvalue weighted by Gasteiger charge is 2.27. The van der Waals surface area contributed by atoms with Gasteiger partial charge in [0, 0.05) is 18.6 Å². The van der Waals surface area contributed by atoms with Crippen molar-refractivity contribution in [3.05, 3.63) is 34.9 Å². The van der Waals surface area contributed by atoms with E-state index < -0.39 is 0 Å². The lowest BCUT2D eigenvalue weighted by molar-refractivity contribution is 0.0409. The van der Waals surface area contributed by atoms with Crippen LogP contribution in [0.5, 0.6) is 0 Å². The van der Waals surface area contributed by atoms with Crippen LogP contribution in [0.1, 0.15) is 55.9 Å². The van der Waals surface area contributed by atoms with Gasteiger partial charge in [0.2, 0.25) is 0 Å². The summed E-state index contributed by atoms with van der Waals surface area (Å²) in [5.74, 6) is 0. The number of nitrogens with zero attached hydrogens (tertiary/aromatic N) is 1. The minimum absolute atomic E-state index is 0.372. The summed E-state index contributed by atoms with van der Waals surface area (Å²) in [6.45, 7) is 9.49. The maximum absolute atomic E-state index is 10.6. The van der Waals surface area contributed by atoms with Gasteiger partial charge in [-0.2, -0.15) is 0 Å². The van der Waals surface area contributed by atoms with Crippen LogP contribution in [0.3, 0.4) is 0 Å². The predicted molar refractivity (Wildman–Crippen MR) is 80.4 cm³/mol. The molecule has 0 amide bonds. The molecule has 1 heterocycles. The number of aliphatic hydroxyl groups is 1. The molecule has 2 heteroatoms. The molecule has 0 bridgehead atoms. The molecule has 0 saturated carbocycles. The molecule has 2 rings (SSSR count). The quantitative estimate of drug-likeness (QED) is 0.898. The van der Waals surface area contributed by atoms with Crippen molar-refractivity contribution in [2.75, 3.05) is 6.54 Å². The zero-order valence-corrected chi connectivity index (χ0v) is 12.7. The third kappa shape index (κ3) is 3.37. The Labute approximate surface area is 117 Å². The first-order chi connectivity index (χ1) is 8.99. The average Bonchev–Trinajstić information content (AvgIpc) is 2.37. The molecular weight excluding hydrogens is 234 g/mol. The van der Waals surface area contributed by atoms with Gasteiger partial charge in [0.05, 0.1) is 6.10 Å². The topological polar surface area (TPSA) is 23.5 Å². The van der Waals surface area contributed by atoms with Crippen LogP contribution in [0.25, 0.3) is 0 Å². The number of hydrogen-bond donors (Lipinski definition) is 1. The lowest BCUT2D eigenvalue weighted by Gasteiger charge is -2.40. The van der Waals surface area contributed by atoms with Gasteiger partial charge in [-0.1, -0.05) is 30.2 Å². The summed E-state index contributed by atoms with van der Waals surface area (Å²) >= 11 is 0. The Morgan fingerprint density at radius 2 is 1.84 bits per heavy atom. The summed E-state index contributed by atoms with van der Waals surface area (Å²) in [6, 6.07) is 7.51. The number of aliphatic hydroxyl groups excluding tert-OH is 1. The van der Waals surface area contributed by atoms with Crippen LogP contribution < -0.4 is 0 Å². The SMILES string of the molecule is Cc1ccc(C)c(C(O)CN2C(C)CCCC2C)c1. The minimum Gasteiger partial charge on any atom is -0.387 e. The molecule has 0 spiro atoms. The monoisotopic (exact) mass is 261 g/mol. The summed E-state index contributed by atoms with van der Waals surface area (Å²) in [5, 5.41) is 10.6. The van der Waals surface area contributed by atoms with Gasteiger partial charge in [-0.15, -0.1) is 0 Å². The van der Waals surface area contributed by atoms with Crippen molar-refractivity contribution in [1.82, 2.24) is 4.90 Å². The van der Waals surface area contributed by atoms with E-state index in [1.54, 1.807) is 0 Å². The van der Waals surface area contributed by atoms with E-state index in [0.717, 1.165) is 12.1 Å². The van der Waals surface area contributed by atoms with Crippen molar-refractivity contribution < 1.29 is 5.11 Å². The largest absolute Gasteiger partial charge is 0.387 e. The van der Waals surface area contributed by atoms with Crippen LogP contribution in [0.15, 0.2) is 18.2 Å². The van der Waals surface area contributed by atoms with Crippen LogP contribution in [-0.2, 0) is 0 Å². The molecule has 1 aliphatic rings. The van der Waals surface area contributed by atoms with E-state index in [9.17, 15) is 5.11 Å². The fraction of sp³-hybridized carbons (Fsp3) is 0.647. The summed E-state index contributed by atoms with van der Waals surface area (Å²) in [6.07, 6.45) is 3.45. The lowest BCUT2D eigenvalue weighted by Crippen LogP contribution is -2.45. The molecule has 0 radical (unpaired) electrons. The minimum atomic E-state index is -0.372. The van der Waals surface area contributed by atoms with Gasteiger partial charge in [0.1, 0.15) is 0 Å². The van der Waals surface area contributed by atoms with E-state index in [4.69, 9.17) is 0 Å². The van der Waals surface area contributed by atoms with Crippen LogP contribution in [-0.4, -0.2) is 28.6 Å². The summed E-state index contributed by atoms with van der Waals surface area (Å²) < 4.78 is 0. The molecule has 0 aliphatic carbocycles. The number of rotatable bonds is 3. The van der Waals surface area contributed by atoms with Gasteiger partial charge < -0.3 is 5.11 Å². The Kier molecular flexibility index (Phi) is 4.64. The first-order valence-corrected chi connectivity index (χ1v) is 7.50. The van der Waals surface area contributed by atoms with Crippen LogP contribution >= 0.6 is 0 Å². The number of likely N-dealkylation sites (tertiary alicyclic amines) is 1. The summed E-state index contributed by atoms with van der Waals surface area (Å²) in [4.78, 5) is 2.47. The number of benzene rings is 1. The smallest absolute Gasteiger partial charge is 0.0919 e. The highest BCUT2D eigenvalue weighted by molar-refractivity contribution is 5.32. The summed E-state index contributed by atoms with van der Waals surface area (Å²) in [7, 11) is 0. The van der Waals surface area contributed by atoms with E-state index in [-0.39, 0.29) is 6.10 Å². The van der Waals surface area contributed by atoms with Gasteiger partial charge in [0.25, 0.3) is 0 Å². The van der Waals surface area contributed by atoms with Crippen molar-refractivity contribution in [2.24, 2.45) is 0 Å². The molecule has 0 aromatic heterocycles. The molecule has 1 aromatic rings. The van der Waals surface area contributed by atoms with Crippen molar-refractivity contribution in [2.45, 2.75) is 65.1 Å². The van der Waals surface area contributed by atoms with Gasteiger partial charge in [-0.25, -0.2) is 0 Å². The second-order valence-electron chi connectivity index (χ2n) is 6.20. The predicted octanol–water partition coefficient (Wildman–Crippen LogP) is 3.60. The molecule has 106 valence electrons. The Hall–Kier alpha value is -0.860. The van der Waals surface area contributed by atoms with Crippen molar-refractivity contribution in [3.63, 3.8) is 0 Å². The van der Waals surface area contributed by atoms with Gasteiger partial charge in [0.15, 0.2) is 0 Å². The van der Waals surface area contributed by atoms with E-state index in [1.807, 2.05) is 0 Å². The molecule has 1 N–H and O–H groups in total. The molecular formula is C17H27NO. The average molecular weight is 261 g/mol. The third-order valence-electron chi connectivity index (χ3n) is 4.55. The molecule has 19 heavy (non-hydrogen) atoms. The fourth-order valence-corrected chi connectivity index (χ4v) is 3.25. The second-order valence-corrected chi connectivity index (χ2v) is 6.20. The third-order valence-corrected chi connectivity index (χ3v) is 4.55. The maximum Gasteiger partial charge on any atom is 0.0919 e. The van der Waals surface area contributed by atoms with Crippen LogP contribution in [0.4, 0.5) is 0 Å². The second kappa shape index (κ2) is 6.06. The maximum atomic E-state index is 10.6. The number of aryl methyl sites for hydroxylation is 2. The van der Waals surface area contributed by atoms with Crippen LogP contribution in [0, 0.1) is 13.8 Å². The normalized spacial score (nSPS) is 26.4. The Balaban J connectivity index is 2.11. The number of β-amino-alcohol motifs (C(OH)–C–C–N with tert-alkyl or cyclic N) is 1. The highest BCUT2D eigenvalue weighted by atomic mass is 16.3. The lowest BCUT2D eigenvalue weighted by atomic mass is 9.95. The van der Waals surface area contributed by atoms with Crippen molar-refractivity contribution >= 4 is 0 Å². The molecule has 3 atom stereocenters.